The van der Waals surface area contributed by atoms with Gasteiger partial charge in [0.15, 0.2) is 0 Å². The number of halogens is 3. The van der Waals surface area contributed by atoms with Crippen molar-refractivity contribution in [1.82, 2.24) is 4.90 Å². The summed E-state index contributed by atoms with van der Waals surface area (Å²) in [6, 6.07) is 2.80. The average Bonchev–Trinajstić information content (AvgIpc) is 2.38. The molecule has 0 saturated heterocycles. The molecule has 0 heterocycles. The number of alkyl halides is 3. The highest BCUT2D eigenvalue weighted by molar-refractivity contribution is 5.99. The largest absolute Gasteiger partial charge is 0.416 e. The Kier molecular flexibility index (Phi) is 5.03. The van der Waals surface area contributed by atoms with Crippen LogP contribution in [-0.4, -0.2) is 23.9 Å². The predicted octanol–water partition coefficient (Wildman–Crippen LogP) is 3.55. The molecule has 0 saturated carbocycles. The van der Waals surface area contributed by atoms with E-state index < -0.39 is 17.6 Å². The third-order valence-corrected chi connectivity index (χ3v) is 3.42. The number of carbonyl (C=O) groups excluding carboxylic acids is 1. The number of benzene rings is 1. The minimum atomic E-state index is -4.49. The Balaban J connectivity index is 3.15. The van der Waals surface area contributed by atoms with Gasteiger partial charge in [0.25, 0.3) is 5.91 Å². The zero-order valence-corrected chi connectivity index (χ0v) is 11.8. The van der Waals surface area contributed by atoms with Gasteiger partial charge in [0, 0.05) is 18.8 Å². The Labute approximate surface area is 116 Å². The number of hydrogen-bond acceptors (Lipinski definition) is 2. The number of carbonyl (C=O) groups is 1. The van der Waals surface area contributed by atoms with Gasteiger partial charge in [-0.25, -0.2) is 0 Å². The first-order valence-electron chi connectivity index (χ1n) is 6.46. The quantitative estimate of drug-likeness (QED) is 0.861. The molecule has 112 valence electrons. The molecule has 0 bridgehead atoms. The topological polar surface area (TPSA) is 46.3 Å². The molecule has 20 heavy (non-hydrogen) atoms. The van der Waals surface area contributed by atoms with Crippen molar-refractivity contribution >= 4 is 11.6 Å². The van der Waals surface area contributed by atoms with Gasteiger partial charge in [0.2, 0.25) is 0 Å². The van der Waals surface area contributed by atoms with Crippen LogP contribution in [-0.2, 0) is 6.18 Å². The molecule has 0 aliphatic carbocycles. The summed E-state index contributed by atoms with van der Waals surface area (Å²) in [6.07, 6.45) is -3.02. The predicted molar refractivity (Wildman–Crippen MR) is 72.3 cm³/mol. The van der Waals surface area contributed by atoms with Gasteiger partial charge in [-0.2, -0.15) is 13.2 Å². The first-order valence-corrected chi connectivity index (χ1v) is 6.46. The summed E-state index contributed by atoms with van der Waals surface area (Å²) >= 11 is 0. The Morgan fingerprint density at radius 3 is 2.30 bits per heavy atom. The van der Waals surface area contributed by atoms with Crippen molar-refractivity contribution in [2.24, 2.45) is 0 Å². The molecule has 0 fully saturated rings. The van der Waals surface area contributed by atoms with E-state index in [1.165, 1.54) is 4.90 Å². The third-order valence-electron chi connectivity index (χ3n) is 3.42. The van der Waals surface area contributed by atoms with E-state index in [0.717, 1.165) is 31.0 Å². The van der Waals surface area contributed by atoms with E-state index in [-0.39, 0.29) is 17.3 Å². The summed E-state index contributed by atoms with van der Waals surface area (Å²) < 4.78 is 38.1. The maximum Gasteiger partial charge on any atom is 0.416 e. The number of nitrogen functional groups attached to an aromatic ring is 1. The molecule has 2 N–H and O–H groups in total. The van der Waals surface area contributed by atoms with E-state index in [0.29, 0.717) is 0 Å². The van der Waals surface area contributed by atoms with Gasteiger partial charge in [-0.3, -0.25) is 4.79 Å². The zero-order chi connectivity index (χ0) is 15.5. The lowest BCUT2D eigenvalue weighted by Gasteiger charge is -2.27. The van der Waals surface area contributed by atoms with E-state index >= 15 is 0 Å². The first kappa shape index (κ1) is 16.3. The summed E-state index contributed by atoms with van der Waals surface area (Å²) in [5.41, 5.74) is 4.73. The van der Waals surface area contributed by atoms with Crippen molar-refractivity contribution in [3.8, 4) is 0 Å². The standard InChI is InChI=1S/C14H19F3N2O/c1-4-10(5-2)19(3)13(20)11-8-9(14(15,16)17)6-7-12(11)18/h6-8,10H,4-5,18H2,1-3H3. The average molecular weight is 288 g/mol. The van der Waals surface area contributed by atoms with Crippen molar-refractivity contribution in [3.05, 3.63) is 29.3 Å². The monoisotopic (exact) mass is 288 g/mol. The van der Waals surface area contributed by atoms with Gasteiger partial charge < -0.3 is 10.6 Å². The molecular weight excluding hydrogens is 269 g/mol. The Morgan fingerprint density at radius 2 is 1.85 bits per heavy atom. The molecule has 0 atom stereocenters. The van der Waals surface area contributed by atoms with Gasteiger partial charge in [-0.05, 0) is 31.0 Å². The molecule has 0 spiro atoms. The maximum absolute atomic E-state index is 12.7. The van der Waals surface area contributed by atoms with Crippen molar-refractivity contribution < 1.29 is 18.0 Å². The molecule has 1 rings (SSSR count). The molecular formula is C14H19F3N2O. The van der Waals surface area contributed by atoms with Gasteiger partial charge in [-0.15, -0.1) is 0 Å². The molecule has 1 aromatic rings. The molecule has 1 amide bonds. The van der Waals surface area contributed by atoms with Crippen LogP contribution >= 0.6 is 0 Å². The molecule has 0 unspecified atom stereocenters. The normalized spacial score (nSPS) is 11.8. The van der Waals surface area contributed by atoms with Crippen LogP contribution in [0, 0.1) is 0 Å². The van der Waals surface area contributed by atoms with Crippen LogP contribution in [0.15, 0.2) is 18.2 Å². The molecule has 0 aliphatic rings. The zero-order valence-electron chi connectivity index (χ0n) is 11.8. The van der Waals surface area contributed by atoms with Crippen LogP contribution < -0.4 is 5.73 Å². The first-order chi connectivity index (χ1) is 9.22. The lowest BCUT2D eigenvalue weighted by Crippen LogP contribution is -2.36. The summed E-state index contributed by atoms with van der Waals surface area (Å²) in [5, 5.41) is 0. The highest BCUT2D eigenvalue weighted by Gasteiger charge is 2.32. The smallest absolute Gasteiger partial charge is 0.398 e. The van der Waals surface area contributed by atoms with Crippen molar-refractivity contribution in [2.45, 2.75) is 38.9 Å². The Bertz CT molecular complexity index is 482. The number of amides is 1. The van der Waals surface area contributed by atoms with Gasteiger partial charge in [-0.1, -0.05) is 13.8 Å². The minimum Gasteiger partial charge on any atom is -0.398 e. The SMILES string of the molecule is CCC(CC)N(C)C(=O)c1cc(C(F)(F)F)ccc1N. The summed E-state index contributed by atoms with van der Waals surface area (Å²) in [4.78, 5) is 13.7. The molecule has 0 radical (unpaired) electrons. The van der Waals surface area contributed by atoms with E-state index in [4.69, 9.17) is 5.73 Å². The van der Waals surface area contributed by atoms with E-state index in [9.17, 15) is 18.0 Å². The van der Waals surface area contributed by atoms with E-state index in [1.54, 1.807) is 7.05 Å². The number of nitrogens with zero attached hydrogens (tertiary/aromatic N) is 1. The molecule has 3 nitrogen and oxygen atoms in total. The van der Waals surface area contributed by atoms with E-state index in [1.807, 2.05) is 13.8 Å². The Morgan fingerprint density at radius 1 is 1.30 bits per heavy atom. The number of rotatable bonds is 4. The lowest BCUT2D eigenvalue weighted by atomic mass is 10.0. The number of nitrogens with two attached hydrogens (primary N) is 1. The number of hydrogen-bond donors (Lipinski definition) is 1. The minimum absolute atomic E-state index is 0.0172. The van der Waals surface area contributed by atoms with E-state index in [2.05, 4.69) is 0 Å². The second-order valence-electron chi connectivity index (χ2n) is 4.69. The fraction of sp³-hybridized carbons (Fsp3) is 0.500. The third kappa shape index (κ3) is 3.43. The fourth-order valence-corrected chi connectivity index (χ4v) is 2.11. The summed E-state index contributed by atoms with van der Waals surface area (Å²) in [6.45, 7) is 3.85. The maximum atomic E-state index is 12.7. The van der Waals surface area contributed by atoms with Crippen molar-refractivity contribution in [1.29, 1.82) is 0 Å². The lowest BCUT2D eigenvalue weighted by molar-refractivity contribution is -0.137. The second-order valence-corrected chi connectivity index (χ2v) is 4.69. The van der Waals surface area contributed by atoms with Crippen LogP contribution in [0.25, 0.3) is 0 Å². The summed E-state index contributed by atoms with van der Waals surface area (Å²) in [7, 11) is 1.58. The van der Waals surface area contributed by atoms with Crippen molar-refractivity contribution in [2.75, 3.05) is 12.8 Å². The molecule has 1 aromatic carbocycles. The van der Waals surface area contributed by atoms with Crippen LogP contribution in [0.3, 0.4) is 0 Å². The van der Waals surface area contributed by atoms with Crippen LogP contribution in [0.4, 0.5) is 18.9 Å². The van der Waals surface area contributed by atoms with Crippen molar-refractivity contribution in [3.63, 3.8) is 0 Å². The van der Waals surface area contributed by atoms with Crippen LogP contribution in [0.1, 0.15) is 42.6 Å². The molecule has 0 aromatic heterocycles. The van der Waals surface area contributed by atoms with Gasteiger partial charge >= 0.3 is 6.18 Å². The fourth-order valence-electron chi connectivity index (χ4n) is 2.11. The summed E-state index contributed by atoms with van der Waals surface area (Å²) in [5.74, 6) is -0.484. The molecule has 0 aliphatic heterocycles. The van der Waals surface area contributed by atoms with Crippen LogP contribution in [0.5, 0.6) is 0 Å². The highest BCUT2D eigenvalue weighted by atomic mass is 19.4. The van der Waals surface area contributed by atoms with Gasteiger partial charge in [0.05, 0.1) is 11.1 Å². The molecule has 6 heteroatoms. The van der Waals surface area contributed by atoms with Crippen LogP contribution in [0.2, 0.25) is 0 Å². The number of anilines is 1. The van der Waals surface area contributed by atoms with Gasteiger partial charge in [0.1, 0.15) is 0 Å². The second kappa shape index (κ2) is 6.15. The highest BCUT2D eigenvalue weighted by Crippen LogP contribution is 2.31. The Hall–Kier alpha value is -1.72.